The first-order valence-corrected chi connectivity index (χ1v) is 9.81. The summed E-state index contributed by atoms with van der Waals surface area (Å²) in [5, 5.41) is 12.6. The second-order valence-electron chi connectivity index (χ2n) is 6.38. The summed E-state index contributed by atoms with van der Waals surface area (Å²) in [7, 11) is 1.49. The fraction of sp³-hybridized carbons (Fsp3) is 0.263. The Labute approximate surface area is 163 Å². The molecule has 0 amide bonds. The number of nitrogens with one attached hydrogen (secondary N) is 1. The van der Waals surface area contributed by atoms with Crippen molar-refractivity contribution in [1.29, 1.82) is 0 Å². The highest BCUT2D eigenvalue weighted by atomic mass is 79.9. The minimum atomic E-state index is -0.115. The maximum Gasteiger partial charge on any atom is 0.260 e. The molecular weight excluding hydrogens is 416 g/mol. The first-order chi connectivity index (χ1) is 12.4. The van der Waals surface area contributed by atoms with Gasteiger partial charge in [0.25, 0.3) is 5.56 Å². The van der Waals surface area contributed by atoms with Crippen molar-refractivity contribution in [3.05, 3.63) is 49.3 Å². The number of aromatic hydroxyl groups is 1. The number of aromatic amines is 1. The van der Waals surface area contributed by atoms with Gasteiger partial charge in [-0.2, -0.15) is 0 Å². The van der Waals surface area contributed by atoms with Crippen molar-refractivity contribution >= 4 is 49.6 Å². The van der Waals surface area contributed by atoms with Gasteiger partial charge in [0, 0.05) is 0 Å². The quantitative estimate of drug-likeness (QED) is 0.602. The number of rotatable bonds is 5. The third-order valence-corrected chi connectivity index (χ3v) is 5.40. The van der Waals surface area contributed by atoms with E-state index in [9.17, 15) is 9.90 Å². The molecule has 0 aliphatic rings. The molecule has 2 heterocycles. The number of aromatic nitrogens is 2. The van der Waals surface area contributed by atoms with E-state index in [4.69, 9.17) is 4.74 Å². The van der Waals surface area contributed by atoms with Crippen LogP contribution in [0.25, 0.3) is 22.4 Å². The van der Waals surface area contributed by atoms with Crippen LogP contribution in [0.15, 0.2) is 26.8 Å². The number of thiophene rings is 1. The summed E-state index contributed by atoms with van der Waals surface area (Å²) in [4.78, 5) is 20.6. The van der Waals surface area contributed by atoms with Crippen LogP contribution < -0.4 is 10.3 Å². The lowest BCUT2D eigenvalue weighted by molar-refractivity contribution is 0.372. The fourth-order valence-corrected chi connectivity index (χ4v) is 4.13. The largest absolute Gasteiger partial charge is 0.503 e. The highest BCUT2D eigenvalue weighted by molar-refractivity contribution is 9.10. The molecule has 0 unspecified atom stereocenters. The van der Waals surface area contributed by atoms with Crippen molar-refractivity contribution < 1.29 is 9.84 Å². The van der Waals surface area contributed by atoms with Gasteiger partial charge in [-0.3, -0.25) is 4.79 Å². The molecule has 0 spiro atoms. The molecule has 26 heavy (non-hydrogen) atoms. The summed E-state index contributed by atoms with van der Waals surface area (Å²) in [5.41, 5.74) is 1.74. The zero-order chi connectivity index (χ0) is 18.8. The molecule has 2 N–H and O–H groups in total. The molecule has 0 radical (unpaired) electrons. The second-order valence-corrected chi connectivity index (χ2v) is 8.09. The van der Waals surface area contributed by atoms with Crippen LogP contribution in [-0.2, 0) is 6.42 Å². The maximum absolute atomic E-state index is 12.5. The molecule has 0 aliphatic carbocycles. The Balaban J connectivity index is 1.96. The number of hydrogen-bond donors (Lipinski definition) is 2. The number of H-pyrrole nitrogens is 1. The van der Waals surface area contributed by atoms with Gasteiger partial charge in [-0.05, 0) is 63.0 Å². The first-order valence-electron chi connectivity index (χ1n) is 8.14. The van der Waals surface area contributed by atoms with E-state index >= 15 is 0 Å². The lowest BCUT2D eigenvalue weighted by Gasteiger charge is -2.06. The molecule has 7 heteroatoms. The van der Waals surface area contributed by atoms with Gasteiger partial charge in [-0.15, -0.1) is 11.3 Å². The standard InChI is InChI=1S/C19H19BrN2O3S/c1-10(2)6-12-9-26-19-16(12)18(24)21-15(22-19)5-4-11-7-13(20)17(23)14(8-11)25-3/h4-5,7-10,23H,6H2,1-3H3,(H,21,22,24). The normalized spacial score (nSPS) is 11.7. The van der Waals surface area contributed by atoms with Crippen molar-refractivity contribution in [2.45, 2.75) is 20.3 Å². The number of phenols is 1. The van der Waals surface area contributed by atoms with Gasteiger partial charge in [0.2, 0.25) is 0 Å². The van der Waals surface area contributed by atoms with Gasteiger partial charge in [-0.25, -0.2) is 4.98 Å². The summed E-state index contributed by atoms with van der Waals surface area (Å²) in [6, 6.07) is 3.47. The Hall–Kier alpha value is -2.12. The molecule has 136 valence electrons. The number of benzene rings is 1. The molecule has 0 aliphatic heterocycles. The topological polar surface area (TPSA) is 75.2 Å². The van der Waals surface area contributed by atoms with E-state index in [1.807, 2.05) is 5.38 Å². The first kappa shape index (κ1) is 18.7. The van der Waals surface area contributed by atoms with Gasteiger partial charge in [0.05, 0.1) is 17.0 Å². The number of hydrogen-bond acceptors (Lipinski definition) is 5. The Morgan fingerprint density at radius 1 is 1.38 bits per heavy atom. The van der Waals surface area contributed by atoms with Crippen molar-refractivity contribution in [3.63, 3.8) is 0 Å². The Bertz CT molecular complexity index is 1040. The number of nitrogens with zero attached hydrogens (tertiary/aromatic N) is 1. The van der Waals surface area contributed by atoms with Crippen molar-refractivity contribution in [2.75, 3.05) is 7.11 Å². The third kappa shape index (κ3) is 3.83. The Kier molecular flexibility index (Phi) is 5.48. The van der Waals surface area contributed by atoms with Crippen LogP contribution in [0.2, 0.25) is 0 Å². The predicted octanol–water partition coefficient (Wildman–Crippen LogP) is 4.83. The second kappa shape index (κ2) is 7.63. The molecule has 0 bridgehead atoms. The van der Waals surface area contributed by atoms with E-state index < -0.39 is 0 Å². The van der Waals surface area contributed by atoms with Crippen LogP contribution in [0.3, 0.4) is 0 Å². The molecule has 3 rings (SSSR count). The number of ether oxygens (including phenoxy) is 1. The number of fused-ring (bicyclic) bond motifs is 1. The van der Waals surface area contributed by atoms with E-state index in [0.717, 1.165) is 22.4 Å². The van der Waals surface area contributed by atoms with Crippen LogP contribution in [0.5, 0.6) is 11.5 Å². The Morgan fingerprint density at radius 2 is 2.15 bits per heavy atom. The molecule has 1 aromatic carbocycles. The van der Waals surface area contributed by atoms with Crippen LogP contribution >= 0.6 is 27.3 Å². The fourth-order valence-electron chi connectivity index (χ4n) is 2.71. The average molecular weight is 435 g/mol. The molecule has 0 saturated heterocycles. The van der Waals surface area contributed by atoms with E-state index in [-0.39, 0.29) is 11.3 Å². The molecule has 3 aromatic rings. The van der Waals surface area contributed by atoms with Gasteiger partial charge < -0.3 is 14.8 Å². The van der Waals surface area contributed by atoms with Gasteiger partial charge in [0.15, 0.2) is 11.5 Å². The molecule has 0 atom stereocenters. The predicted molar refractivity (Wildman–Crippen MR) is 110 cm³/mol. The van der Waals surface area contributed by atoms with Crippen LogP contribution in [0.1, 0.15) is 30.8 Å². The van der Waals surface area contributed by atoms with Crippen LogP contribution in [0.4, 0.5) is 0 Å². The molecule has 0 fully saturated rings. The summed E-state index contributed by atoms with van der Waals surface area (Å²) >= 11 is 4.79. The van der Waals surface area contributed by atoms with E-state index in [1.165, 1.54) is 18.4 Å². The minimum Gasteiger partial charge on any atom is -0.503 e. The van der Waals surface area contributed by atoms with Gasteiger partial charge in [-0.1, -0.05) is 19.9 Å². The lowest BCUT2D eigenvalue weighted by Crippen LogP contribution is -2.10. The van der Waals surface area contributed by atoms with Crippen molar-refractivity contribution in [2.24, 2.45) is 5.92 Å². The van der Waals surface area contributed by atoms with Crippen molar-refractivity contribution in [1.82, 2.24) is 9.97 Å². The lowest BCUT2D eigenvalue weighted by atomic mass is 10.0. The monoisotopic (exact) mass is 434 g/mol. The highest BCUT2D eigenvalue weighted by Crippen LogP contribution is 2.35. The zero-order valence-electron chi connectivity index (χ0n) is 14.7. The zero-order valence-corrected chi connectivity index (χ0v) is 17.1. The highest BCUT2D eigenvalue weighted by Gasteiger charge is 2.12. The minimum absolute atomic E-state index is 0.0499. The third-order valence-electron chi connectivity index (χ3n) is 3.87. The molecular formula is C19H19BrN2O3S. The van der Waals surface area contributed by atoms with E-state index in [1.54, 1.807) is 24.3 Å². The smallest absolute Gasteiger partial charge is 0.260 e. The van der Waals surface area contributed by atoms with E-state index in [0.29, 0.717) is 27.4 Å². The van der Waals surface area contributed by atoms with Gasteiger partial charge in [0.1, 0.15) is 10.7 Å². The summed E-state index contributed by atoms with van der Waals surface area (Å²) in [5.74, 6) is 1.39. The Morgan fingerprint density at radius 3 is 2.85 bits per heavy atom. The molecule has 5 nitrogen and oxygen atoms in total. The van der Waals surface area contributed by atoms with Gasteiger partial charge >= 0.3 is 0 Å². The summed E-state index contributed by atoms with van der Waals surface area (Å²) < 4.78 is 5.68. The number of phenolic OH excluding ortho intramolecular Hbond substituents is 1. The van der Waals surface area contributed by atoms with Crippen molar-refractivity contribution in [3.8, 4) is 11.5 Å². The van der Waals surface area contributed by atoms with Crippen LogP contribution in [-0.4, -0.2) is 22.2 Å². The molecule has 2 aromatic heterocycles. The maximum atomic E-state index is 12.5. The molecule has 0 saturated carbocycles. The summed E-state index contributed by atoms with van der Waals surface area (Å²) in [6.45, 7) is 4.26. The average Bonchev–Trinajstić information content (AvgIpc) is 2.98. The SMILES string of the molecule is COc1cc(C=Cc2nc3scc(CC(C)C)c3c(=O)[nH]2)cc(Br)c1O. The van der Waals surface area contributed by atoms with E-state index in [2.05, 4.69) is 39.7 Å². The van der Waals surface area contributed by atoms with Crippen LogP contribution in [0, 0.1) is 5.92 Å². The number of methoxy groups -OCH3 is 1. The summed E-state index contributed by atoms with van der Waals surface area (Å²) in [6.07, 6.45) is 4.40. The number of halogens is 1.